The Morgan fingerprint density at radius 3 is 2.59 bits per heavy atom. The molecule has 2 aliphatic rings. The summed E-state index contributed by atoms with van der Waals surface area (Å²) in [5, 5.41) is 4.60. The molecule has 1 saturated heterocycles. The first-order valence-corrected chi connectivity index (χ1v) is 10.0. The fourth-order valence-corrected chi connectivity index (χ4v) is 4.13. The fourth-order valence-electron chi connectivity index (χ4n) is 4.13. The summed E-state index contributed by atoms with van der Waals surface area (Å²) in [6.45, 7) is 4.35. The number of piperazine rings is 1. The summed E-state index contributed by atoms with van der Waals surface area (Å²) in [4.78, 5) is 17.5. The number of hydrogen-bond donors (Lipinski definition) is 0. The molecule has 4 rings (SSSR count). The second kappa shape index (κ2) is 8.09. The molecule has 142 valence electrons. The van der Waals surface area contributed by atoms with Crippen LogP contribution < -0.4 is 0 Å². The Labute approximate surface area is 161 Å². The minimum absolute atomic E-state index is 0.160. The SMILES string of the molecule is Cn1nc2c(c1C(=O)N1CCN(CC=Cc3ccccc3)CC1)CCCC2. The molecule has 1 amide bonds. The molecule has 0 radical (unpaired) electrons. The van der Waals surface area contributed by atoms with Crippen LogP contribution in [0.1, 0.15) is 40.2 Å². The van der Waals surface area contributed by atoms with Crippen LogP contribution in [0.4, 0.5) is 0 Å². The van der Waals surface area contributed by atoms with Gasteiger partial charge in [0.15, 0.2) is 0 Å². The Balaban J connectivity index is 1.33. The van der Waals surface area contributed by atoms with Crippen LogP contribution in [0.3, 0.4) is 0 Å². The maximum atomic E-state index is 13.1. The maximum Gasteiger partial charge on any atom is 0.272 e. The Morgan fingerprint density at radius 2 is 1.81 bits per heavy atom. The highest BCUT2D eigenvalue weighted by atomic mass is 16.2. The van der Waals surface area contributed by atoms with Gasteiger partial charge in [0, 0.05) is 45.3 Å². The van der Waals surface area contributed by atoms with Gasteiger partial charge in [0.2, 0.25) is 0 Å². The molecule has 27 heavy (non-hydrogen) atoms. The van der Waals surface area contributed by atoms with Crippen molar-refractivity contribution in [3.8, 4) is 0 Å². The molecule has 2 aromatic rings. The average Bonchev–Trinajstić information content (AvgIpc) is 3.04. The van der Waals surface area contributed by atoms with Crippen LogP contribution in [-0.2, 0) is 19.9 Å². The molecule has 5 nitrogen and oxygen atoms in total. The number of benzene rings is 1. The molecule has 0 atom stereocenters. The van der Waals surface area contributed by atoms with E-state index < -0.39 is 0 Å². The molecule has 1 aliphatic heterocycles. The Morgan fingerprint density at radius 1 is 1.07 bits per heavy atom. The third-order valence-electron chi connectivity index (χ3n) is 5.65. The molecule has 5 heteroatoms. The topological polar surface area (TPSA) is 41.4 Å². The van der Waals surface area contributed by atoms with E-state index in [2.05, 4.69) is 46.4 Å². The van der Waals surface area contributed by atoms with Crippen molar-refractivity contribution < 1.29 is 4.79 Å². The molecule has 1 fully saturated rings. The smallest absolute Gasteiger partial charge is 0.272 e. The van der Waals surface area contributed by atoms with Crippen molar-refractivity contribution in [3.63, 3.8) is 0 Å². The molecule has 0 spiro atoms. The lowest BCUT2D eigenvalue weighted by molar-refractivity contribution is 0.0638. The molecular formula is C22H28N4O. The van der Waals surface area contributed by atoms with Crippen molar-refractivity contribution in [3.05, 3.63) is 58.9 Å². The number of rotatable bonds is 4. The number of fused-ring (bicyclic) bond motifs is 1. The largest absolute Gasteiger partial charge is 0.335 e. The van der Waals surface area contributed by atoms with Gasteiger partial charge in [-0.3, -0.25) is 14.4 Å². The first-order valence-electron chi connectivity index (χ1n) is 10.0. The van der Waals surface area contributed by atoms with E-state index in [0.29, 0.717) is 0 Å². The van der Waals surface area contributed by atoms with Gasteiger partial charge in [-0.15, -0.1) is 0 Å². The molecule has 1 aliphatic carbocycles. The van der Waals surface area contributed by atoms with Crippen LogP contribution in [0.2, 0.25) is 0 Å². The van der Waals surface area contributed by atoms with Gasteiger partial charge < -0.3 is 4.90 Å². The average molecular weight is 364 g/mol. The summed E-state index contributed by atoms with van der Waals surface area (Å²) >= 11 is 0. The molecule has 1 aromatic carbocycles. The highest BCUT2D eigenvalue weighted by Crippen LogP contribution is 2.25. The minimum Gasteiger partial charge on any atom is -0.335 e. The van der Waals surface area contributed by atoms with Crippen LogP contribution in [0.15, 0.2) is 36.4 Å². The van der Waals surface area contributed by atoms with Crippen molar-refractivity contribution in [2.24, 2.45) is 7.05 Å². The van der Waals surface area contributed by atoms with Gasteiger partial charge in [0.05, 0.1) is 5.69 Å². The summed E-state index contributed by atoms with van der Waals surface area (Å²) in [6.07, 6.45) is 8.74. The predicted molar refractivity (Wildman–Crippen MR) is 108 cm³/mol. The number of hydrogen-bond acceptors (Lipinski definition) is 3. The van der Waals surface area contributed by atoms with Crippen molar-refractivity contribution in [2.75, 3.05) is 32.7 Å². The zero-order valence-electron chi connectivity index (χ0n) is 16.1. The Kier molecular flexibility index (Phi) is 5.39. The second-order valence-corrected chi connectivity index (χ2v) is 7.51. The molecule has 1 aromatic heterocycles. The highest BCUT2D eigenvalue weighted by molar-refractivity contribution is 5.94. The number of aryl methyl sites for hydroxylation is 2. The second-order valence-electron chi connectivity index (χ2n) is 7.51. The minimum atomic E-state index is 0.160. The van der Waals surface area contributed by atoms with Crippen LogP contribution in [0, 0.1) is 0 Å². The summed E-state index contributed by atoms with van der Waals surface area (Å²) in [7, 11) is 1.91. The normalized spacial score (nSPS) is 18.0. The van der Waals surface area contributed by atoms with Crippen LogP contribution >= 0.6 is 0 Å². The van der Waals surface area contributed by atoms with E-state index in [9.17, 15) is 4.79 Å². The molecule has 0 bridgehead atoms. The third-order valence-corrected chi connectivity index (χ3v) is 5.65. The Bertz CT molecular complexity index is 816. The van der Waals surface area contributed by atoms with E-state index in [1.807, 2.05) is 22.7 Å². The summed E-state index contributed by atoms with van der Waals surface area (Å²) in [5.74, 6) is 0.160. The molecular weight excluding hydrogens is 336 g/mol. The van der Waals surface area contributed by atoms with E-state index in [-0.39, 0.29) is 5.91 Å². The third kappa shape index (κ3) is 3.98. The fraction of sp³-hybridized carbons (Fsp3) is 0.455. The van der Waals surface area contributed by atoms with E-state index in [4.69, 9.17) is 0 Å². The number of carbonyl (C=O) groups is 1. The van der Waals surface area contributed by atoms with Crippen molar-refractivity contribution in [1.29, 1.82) is 0 Å². The molecule has 2 heterocycles. The van der Waals surface area contributed by atoms with Gasteiger partial charge in [-0.2, -0.15) is 5.10 Å². The van der Waals surface area contributed by atoms with Crippen LogP contribution in [-0.4, -0.2) is 58.2 Å². The van der Waals surface area contributed by atoms with E-state index >= 15 is 0 Å². The lowest BCUT2D eigenvalue weighted by atomic mass is 9.95. The maximum absolute atomic E-state index is 13.1. The van der Waals surface area contributed by atoms with E-state index in [1.165, 1.54) is 24.0 Å². The van der Waals surface area contributed by atoms with Crippen molar-refractivity contribution >= 4 is 12.0 Å². The monoisotopic (exact) mass is 364 g/mol. The van der Waals surface area contributed by atoms with E-state index in [0.717, 1.165) is 57.0 Å². The lowest BCUT2D eigenvalue weighted by Crippen LogP contribution is -2.49. The standard InChI is InChI=1S/C22H28N4O/c1-24-21(19-11-5-6-12-20(19)23-24)22(27)26-16-14-25(15-17-26)13-7-10-18-8-3-2-4-9-18/h2-4,7-10H,5-6,11-17H2,1H3. The quantitative estimate of drug-likeness (QED) is 0.838. The first-order chi connectivity index (χ1) is 13.2. The van der Waals surface area contributed by atoms with Crippen molar-refractivity contribution in [2.45, 2.75) is 25.7 Å². The highest BCUT2D eigenvalue weighted by Gasteiger charge is 2.29. The number of aromatic nitrogens is 2. The van der Waals surface area contributed by atoms with Crippen LogP contribution in [0.25, 0.3) is 6.08 Å². The summed E-state index contributed by atoms with van der Waals surface area (Å²) in [6, 6.07) is 10.4. The Hall–Kier alpha value is -2.40. The van der Waals surface area contributed by atoms with Gasteiger partial charge in [0.25, 0.3) is 5.91 Å². The van der Waals surface area contributed by atoms with Gasteiger partial charge in [-0.05, 0) is 31.2 Å². The summed E-state index contributed by atoms with van der Waals surface area (Å²) < 4.78 is 1.81. The number of nitrogens with zero attached hydrogens (tertiary/aromatic N) is 4. The van der Waals surface area contributed by atoms with Gasteiger partial charge >= 0.3 is 0 Å². The van der Waals surface area contributed by atoms with Gasteiger partial charge in [-0.25, -0.2) is 0 Å². The molecule has 0 unspecified atom stereocenters. The van der Waals surface area contributed by atoms with Gasteiger partial charge in [-0.1, -0.05) is 42.5 Å². The number of amides is 1. The zero-order valence-corrected chi connectivity index (χ0v) is 16.1. The van der Waals surface area contributed by atoms with Crippen LogP contribution in [0.5, 0.6) is 0 Å². The lowest BCUT2D eigenvalue weighted by Gasteiger charge is -2.34. The van der Waals surface area contributed by atoms with Gasteiger partial charge in [0.1, 0.15) is 5.69 Å². The number of carbonyl (C=O) groups excluding carboxylic acids is 1. The molecule has 0 N–H and O–H groups in total. The summed E-state index contributed by atoms with van der Waals surface area (Å²) in [5.41, 5.74) is 4.38. The zero-order chi connectivity index (χ0) is 18.6. The molecule has 0 saturated carbocycles. The first kappa shape index (κ1) is 18.0. The predicted octanol–water partition coefficient (Wildman–Crippen LogP) is 2.77. The van der Waals surface area contributed by atoms with Crippen molar-refractivity contribution in [1.82, 2.24) is 19.6 Å². The van der Waals surface area contributed by atoms with E-state index in [1.54, 1.807) is 0 Å².